The van der Waals surface area contributed by atoms with Crippen molar-refractivity contribution < 1.29 is 9.53 Å². The number of hydrogen-bond acceptors (Lipinski definition) is 2. The normalized spacial score (nSPS) is 42.3. The second kappa shape index (κ2) is 2.23. The summed E-state index contributed by atoms with van der Waals surface area (Å²) in [6.07, 6.45) is 4.35. The van der Waals surface area contributed by atoms with Gasteiger partial charge in [0.15, 0.2) is 0 Å². The standard InChI is InChI=1S/C9H14O2/c1-2-9-4-3-7(9)5-8(10)11-6-9/h7H,2-6H2,1H3/t7-,9+/m1/s1. The fourth-order valence-corrected chi connectivity index (χ4v) is 2.32. The molecule has 0 aromatic rings. The SMILES string of the molecule is CC[C@@]12CC[C@@H]1CC(=O)OC2. The number of cyclic esters (lactones) is 1. The van der Waals surface area contributed by atoms with Crippen LogP contribution in [0.1, 0.15) is 32.6 Å². The summed E-state index contributed by atoms with van der Waals surface area (Å²) in [5, 5.41) is 0. The van der Waals surface area contributed by atoms with Crippen molar-refractivity contribution >= 4 is 5.97 Å². The van der Waals surface area contributed by atoms with E-state index in [2.05, 4.69) is 6.92 Å². The van der Waals surface area contributed by atoms with Crippen LogP contribution in [0, 0.1) is 11.3 Å². The van der Waals surface area contributed by atoms with E-state index in [0.717, 1.165) is 0 Å². The number of carbonyl (C=O) groups is 1. The summed E-state index contributed by atoms with van der Waals surface area (Å²) in [4.78, 5) is 10.9. The minimum absolute atomic E-state index is 0.0128. The smallest absolute Gasteiger partial charge is 0.306 e. The lowest BCUT2D eigenvalue weighted by Crippen LogP contribution is -2.48. The molecule has 0 aromatic carbocycles. The molecule has 0 amide bonds. The van der Waals surface area contributed by atoms with Gasteiger partial charge in [-0.2, -0.15) is 0 Å². The summed E-state index contributed by atoms with van der Waals surface area (Å²) in [6, 6.07) is 0. The molecule has 1 aliphatic heterocycles. The van der Waals surface area contributed by atoms with Gasteiger partial charge in [-0.15, -0.1) is 0 Å². The van der Waals surface area contributed by atoms with Gasteiger partial charge in [-0.25, -0.2) is 0 Å². The lowest BCUT2D eigenvalue weighted by atomic mass is 9.57. The van der Waals surface area contributed by atoms with Crippen molar-refractivity contribution in [3.05, 3.63) is 0 Å². The van der Waals surface area contributed by atoms with Crippen LogP contribution in [-0.4, -0.2) is 12.6 Å². The Morgan fingerprint density at radius 3 is 3.00 bits per heavy atom. The lowest BCUT2D eigenvalue weighted by molar-refractivity contribution is -0.172. The maximum atomic E-state index is 10.9. The Kier molecular flexibility index (Phi) is 1.44. The van der Waals surface area contributed by atoms with Crippen molar-refractivity contribution in [3.63, 3.8) is 0 Å². The molecule has 0 unspecified atom stereocenters. The van der Waals surface area contributed by atoms with E-state index in [-0.39, 0.29) is 5.97 Å². The molecule has 62 valence electrons. The predicted octanol–water partition coefficient (Wildman–Crippen LogP) is 1.74. The Morgan fingerprint density at radius 2 is 2.55 bits per heavy atom. The Hall–Kier alpha value is -0.530. The van der Waals surface area contributed by atoms with Gasteiger partial charge in [-0.05, 0) is 25.2 Å². The molecular weight excluding hydrogens is 140 g/mol. The van der Waals surface area contributed by atoms with Crippen molar-refractivity contribution in [2.75, 3.05) is 6.61 Å². The van der Waals surface area contributed by atoms with Crippen LogP contribution in [0.2, 0.25) is 0 Å². The number of fused-ring (bicyclic) bond motifs is 1. The van der Waals surface area contributed by atoms with Crippen LogP contribution in [0.15, 0.2) is 0 Å². The maximum Gasteiger partial charge on any atom is 0.306 e. The summed E-state index contributed by atoms with van der Waals surface area (Å²) in [6.45, 7) is 2.89. The van der Waals surface area contributed by atoms with Gasteiger partial charge < -0.3 is 4.74 Å². The summed E-state index contributed by atoms with van der Waals surface area (Å²) < 4.78 is 5.07. The molecule has 0 spiro atoms. The summed E-state index contributed by atoms with van der Waals surface area (Å²) in [7, 11) is 0. The minimum Gasteiger partial charge on any atom is -0.465 e. The van der Waals surface area contributed by atoms with E-state index in [1.165, 1.54) is 19.3 Å². The van der Waals surface area contributed by atoms with Crippen LogP contribution in [0.5, 0.6) is 0 Å². The summed E-state index contributed by atoms with van der Waals surface area (Å²) in [5.74, 6) is 0.660. The molecule has 2 heteroatoms. The van der Waals surface area contributed by atoms with Crippen LogP contribution in [0.25, 0.3) is 0 Å². The molecule has 2 nitrogen and oxygen atoms in total. The van der Waals surface area contributed by atoms with Crippen LogP contribution in [0.4, 0.5) is 0 Å². The molecule has 2 rings (SSSR count). The number of carbonyl (C=O) groups excluding carboxylic acids is 1. The fraction of sp³-hybridized carbons (Fsp3) is 0.889. The average molecular weight is 154 g/mol. The highest BCUT2D eigenvalue weighted by atomic mass is 16.5. The van der Waals surface area contributed by atoms with Gasteiger partial charge in [0.2, 0.25) is 0 Å². The summed E-state index contributed by atoms with van der Waals surface area (Å²) in [5.41, 5.74) is 0.397. The highest BCUT2D eigenvalue weighted by Gasteiger charge is 2.49. The molecular formula is C9H14O2. The van der Waals surface area contributed by atoms with E-state index in [0.29, 0.717) is 24.4 Å². The van der Waals surface area contributed by atoms with Gasteiger partial charge in [0, 0.05) is 11.8 Å². The van der Waals surface area contributed by atoms with Gasteiger partial charge in [0.25, 0.3) is 0 Å². The van der Waals surface area contributed by atoms with Crippen molar-refractivity contribution in [2.24, 2.45) is 11.3 Å². The topological polar surface area (TPSA) is 26.3 Å². The highest BCUT2D eigenvalue weighted by molar-refractivity contribution is 5.71. The Bertz CT molecular complexity index is 184. The van der Waals surface area contributed by atoms with Crippen molar-refractivity contribution in [2.45, 2.75) is 32.6 Å². The molecule has 1 saturated heterocycles. The van der Waals surface area contributed by atoms with Gasteiger partial charge in [0.1, 0.15) is 0 Å². The van der Waals surface area contributed by atoms with Gasteiger partial charge in [-0.1, -0.05) is 6.92 Å². The largest absolute Gasteiger partial charge is 0.465 e. The first-order valence-electron chi connectivity index (χ1n) is 4.42. The van der Waals surface area contributed by atoms with Crippen LogP contribution >= 0.6 is 0 Å². The minimum atomic E-state index is 0.0128. The molecule has 11 heavy (non-hydrogen) atoms. The first kappa shape index (κ1) is 7.14. The van der Waals surface area contributed by atoms with Crippen molar-refractivity contribution in [1.29, 1.82) is 0 Å². The van der Waals surface area contributed by atoms with Gasteiger partial charge in [-0.3, -0.25) is 4.79 Å². The number of hydrogen-bond donors (Lipinski definition) is 0. The van der Waals surface area contributed by atoms with E-state index < -0.39 is 0 Å². The number of rotatable bonds is 1. The molecule has 0 aromatic heterocycles. The third-order valence-electron chi connectivity index (χ3n) is 3.49. The third-order valence-corrected chi connectivity index (χ3v) is 3.49. The second-order valence-electron chi connectivity index (χ2n) is 3.82. The molecule has 0 bridgehead atoms. The summed E-state index contributed by atoms with van der Waals surface area (Å²) >= 11 is 0. The van der Waals surface area contributed by atoms with Crippen molar-refractivity contribution in [1.82, 2.24) is 0 Å². The van der Waals surface area contributed by atoms with Gasteiger partial charge in [0.05, 0.1) is 6.61 Å². The number of ether oxygens (including phenoxy) is 1. The Balaban J connectivity index is 2.08. The van der Waals surface area contributed by atoms with Crippen LogP contribution in [0.3, 0.4) is 0 Å². The van der Waals surface area contributed by atoms with E-state index in [1.54, 1.807) is 0 Å². The first-order valence-corrected chi connectivity index (χ1v) is 4.42. The molecule has 1 saturated carbocycles. The molecule has 2 atom stereocenters. The lowest BCUT2D eigenvalue weighted by Gasteiger charge is -2.51. The van der Waals surface area contributed by atoms with Crippen molar-refractivity contribution in [3.8, 4) is 0 Å². The zero-order valence-electron chi connectivity index (χ0n) is 6.93. The highest BCUT2D eigenvalue weighted by Crippen LogP contribution is 2.53. The third kappa shape index (κ3) is 0.883. The molecule has 0 N–H and O–H groups in total. The zero-order valence-corrected chi connectivity index (χ0v) is 6.93. The fourth-order valence-electron chi connectivity index (χ4n) is 2.32. The molecule has 1 heterocycles. The van der Waals surface area contributed by atoms with E-state index in [4.69, 9.17) is 4.74 Å². The predicted molar refractivity (Wildman–Crippen MR) is 41.0 cm³/mol. The zero-order chi connectivity index (χ0) is 7.90. The van der Waals surface area contributed by atoms with E-state index in [9.17, 15) is 4.79 Å². The van der Waals surface area contributed by atoms with Crippen LogP contribution in [-0.2, 0) is 9.53 Å². The molecule has 0 radical (unpaired) electrons. The van der Waals surface area contributed by atoms with Gasteiger partial charge >= 0.3 is 5.97 Å². The maximum absolute atomic E-state index is 10.9. The Labute approximate surface area is 66.9 Å². The first-order chi connectivity index (χ1) is 5.27. The molecule has 2 fully saturated rings. The van der Waals surface area contributed by atoms with Crippen LogP contribution < -0.4 is 0 Å². The second-order valence-corrected chi connectivity index (χ2v) is 3.82. The van der Waals surface area contributed by atoms with E-state index >= 15 is 0 Å². The average Bonchev–Trinajstić information content (AvgIpc) is 1.98. The molecule has 2 aliphatic rings. The van der Waals surface area contributed by atoms with E-state index in [1.807, 2.05) is 0 Å². The Morgan fingerprint density at radius 1 is 1.73 bits per heavy atom. The monoisotopic (exact) mass is 154 g/mol. The quantitative estimate of drug-likeness (QED) is 0.538. The molecule has 1 aliphatic carbocycles. The number of esters is 1.